The molecule has 0 saturated carbocycles. The van der Waals surface area contributed by atoms with E-state index in [0.717, 1.165) is 5.69 Å². The fourth-order valence-electron chi connectivity index (χ4n) is 0.499. The van der Waals surface area contributed by atoms with E-state index >= 15 is 0 Å². The standard InChI is InChI=1S/C7H7N/c1-8-7-5-3-2-4-6-7/h2-3,5,8H,1H3. The summed E-state index contributed by atoms with van der Waals surface area (Å²) in [6.45, 7) is 0. The van der Waals surface area contributed by atoms with Gasteiger partial charge in [-0.15, -0.1) is 0 Å². The van der Waals surface area contributed by atoms with Gasteiger partial charge in [0.2, 0.25) is 0 Å². The van der Waals surface area contributed by atoms with Crippen LogP contribution >= 0.6 is 0 Å². The van der Waals surface area contributed by atoms with Gasteiger partial charge in [-0.25, -0.2) is 0 Å². The first kappa shape index (κ1) is 4.99. The Hall–Kier alpha value is -1.16. The Morgan fingerprint density at radius 2 is 2.50 bits per heavy atom. The lowest BCUT2D eigenvalue weighted by atomic mass is 10.4. The molecule has 1 nitrogen and oxygen atoms in total. The van der Waals surface area contributed by atoms with Gasteiger partial charge in [-0.05, 0) is 18.2 Å². The number of anilines is 1. The van der Waals surface area contributed by atoms with Crippen LogP contribution in [-0.2, 0) is 0 Å². The van der Waals surface area contributed by atoms with Crippen molar-refractivity contribution in [3.05, 3.63) is 30.3 Å². The zero-order valence-corrected chi connectivity index (χ0v) is 4.73. The minimum absolute atomic E-state index is 0.979. The molecule has 0 aromatic heterocycles. The van der Waals surface area contributed by atoms with E-state index in [-0.39, 0.29) is 0 Å². The summed E-state index contributed by atoms with van der Waals surface area (Å²) in [5, 5.41) is 2.94. The Balaban J connectivity index is 2.83. The quantitative estimate of drug-likeness (QED) is 0.568. The molecule has 1 aromatic rings. The van der Waals surface area contributed by atoms with Gasteiger partial charge in [-0.3, -0.25) is 0 Å². The first-order valence-corrected chi connectivity index (χ1v) is 2.49. The predicted octanol–water partition coefficient (Wildman–Crippen LogP) is 1.33. The van der Waals surface area contributed by atoms with E-state index in [1.807, 2.05) is 25.2 Å². The third-order valence-corrected chi connectivity index (χ3v) is 0.919. The summed E-state index contributed by atoms with van der Waals surface area (Å²) in [6, 6.07) is 11.4. The van der Waals surface area contributed by atoms with E-state index in [1.165, 1.54) is 0 Å². The van der Waals surface area contributed by atoms with Crippen LogP contribution in [0.4, 0.5) is 5.69 Å². The van der Waals surface area contributed by atoms with Crippen LogP contribution < -0.4 is 5.32 Å². The number of hydrogen-bond acceptors (Lipinski definition) is 1. The Kier molecular flexibility index (Phi) is 1.39. The summed E-state index contributed by atoms with van der Waals surface area (Å²) in [5.74, 6) is 0. The highest BCUT2D eigenvalue weighted by Crippen LogP contribution is 1.95. The van der Waals surface area contributed by atoms with E-state index in [1.54, 1.807) is 0 Å². The molecule has 0 aliphatic rings. The molecule has 8 heavy (non-hydrogen) atoms. The second-order valence-electron chi connectivity index (χ2n) is 1.46. The third-order valence-electron chi connectivity index (χ3n) is 0.919. The van der Waals surface area contributed by atoms with Crippen molar-refractivity contribution < 1.29 is 0 Å². The fourth-order valence-corrected chi connectivity index (χ4v) is 0.499. The first-order chi connectivity index (χ1) is 3.93. The smallest absolute Gasteiger partial charge is 0.0854 e. The van der Waals surface area contributed by atoms with Crippen molar-refractivity contribution in [3.8, 4) is 0 Å². The van der Waals surface area contributed by atoms with Gasteiger partial charge < -0.3 is 5.32 Å². The van der Waals surface area contributed by atoms with Gasteiger partial charge in [0.05, 0.1) is 5.69 Å². The fraction of sp³-hybridized carbons (Fsp3) is 0.143. The van der Waals surface area contributed by atoms with Gasteiger partial charge in [0.15, 0.2) is 0 Å². The first-order valence-electron chi connectivity index (χ1n) is 2.49. The van der Waals surface area contributed by atoms with Crippen molar-refractivity contribution >= 4 is 5.69 Å². The molecule has 0 spiro atoms. The average Bonchev–Trinajstić information content (AvgIpc) is 1.90. The Labute approximate surface area is 49.3 Å². The van der Waals surface area contributed by atoms with Crippen LogP contribution in [0.3, 0.4) is 0 Å². The predicted molar refractivity (Wildman–Crippen MR) is 33.7 cm³/mol. The Morgan fingerprint density at radius 3 is 2.88 bits per heavy atom. The van der Waals surface area contributed by atoms with E-state index in [2.05, 4.69) is 17.4 Å². The minimum Gasteiger partial charge on any atom is -0.381 e. The van der Waals surface area contributed by atoms with Crippen LogP contribution in [-0.4, -0.2) is 7.05 Å². The molecule has 0 fully saturated rings. The SMILES string of the molecule is CNc1c#cccc1. The molecule has 0 saturated heterocycles. The number of rotatable bonds is 1. The van der Waals surface area contributed by atoms with E-state index < -0.39 is 0 Å². The van der Waals surface area contributed by atoms with Gasteiger partial charge >= 0.3 is 0 Å². The molecule has 0 amide bonds. The molecule has 0 aliphatic heterocycles. The molecule has 1 N–H and O–H groups in total. The van der Waals surface area contributed by atoms with Crippen LogP contribution in [0.2, 0.25) is 0 Å². The maximum Gasteiger partial charge on any atom is 0.0854 e. The van der Waals surface area contributed by atoms with E-state index in [9.17, 15) is 0 Å². The van der Waals surface area contributed by atoms with Crippen LogP contribution in [0.25, 0.3) is 0 Å². The van der Waals surface area contributed by atoms with Crippen molar-refractivity contribution in [1.29, 1.82) is 0 Å². The van der Waals surface area contributed by atoms with Crippen molar-refractivity contribution in [2.45, 2.75) is 0 Å². The molecule has 0 heterocycles. The van der Waals surface area contributed by atoms with Crippen LogP contribution in [0.5, 0.6) is 0 Å². The van der Waals surface area contributed by atoms with Crippen molar-refractivity contribution in [1.82, 2.24) is 0 Å². The van der Waals surface area contributed by atoms with Crippen molar-refractivity contribution in [2.24, 2.45) is 0 Å². The molecule has 0 bridgehead atoms. The molecule has 1 rings (SSSR count). The molecule has 0 radical (unpaired) electrons. The summed E-state index contributed by atoms with van der Waals surface area (Å²) < 4.78 is 0. The molecule has 40 valence electrons. The second kappa shape index (κ2) is 2.23. The molecular weight excluding hydrogens is 98.1 g/mol. The minimum atomic E-state index is 0.979. The zero-order valence-electron chi connectivity index (χ0n) is 4.73. The highest BCUT2D eigenvalue weighted by atomic mass is 14.8. The lowest BCUT2D eigenvalue weighted by Gasteiger charge is -1.89. The van der Waals surface area contributed by atoms with Crippen LogP contribution in [0.15, 0.2) is 18.2 Å². The summed E-state index contributed by atoms with van der Waals surface area (Å²) in [4.78, 5) is 0. The molecule has 0 aliphatic carbocycles. The van der Waals surface area contributed by atoms with Crippen LogP contribution in [0.1, 0.15) is 0 Å². The maximum atomic E-state index is 2.94. The van der Waals surface area contributed by atoms with Gasteiger partial charge in [0, 0.05) is 7.05 Å². The lowest BCUT2D eigenvalue weighted by molar-refractivity contribution is 1.53. The maximum absolute atomic E-state index is 2.94. The normalized spacial score (nSPS) is 7.62. The van der Waals surface area contributed by atoms with E-state index in [0.29, 0.717) is 0 Å². The summed E-state index contributed by atoms with van der Waals surface area (Å²) in [7, 11) is 1.86. The van der Waals surface area contributed by atoms with Gasteiger partial charge in [-0.1, -0.05) is 12.1 Å². The molecular formula is C7H7N. The van der Waals surface area contributed by atoms with Crippen molar-refractivity contribution in [2.75, 3.05) is 12.4 Å². The molecule has 0 atom stereocenters. The number of hydrogen-bond donors (Lipinski definition) is 1. The van der Waals surface area contributed by atoms with Gasteiger partial charge in [-0.2, -0.15) is 0 Å². The largest absolute Gasteiger partial charge is 0.381 e. The topological polar surface area (TPSA) is 12.0 Å². The van der Waals surface area contributed by atoms with Gasteiger partial charge in [0.25, 0.3) is 0 Å². The summed E-state index contributed by atoms with van der Waals surface area (Å²) >= 11 is 0. The molecule has 0 unspecified atom stereocenters. The monoisotopic (exact) mass is 105 g/mol. The third kappa shape index (κ3) is 0.913. The molecule has 1 heteroatoms. The highest BCUT2D eigenvalue weighted by Gasteiger charge is 1.75. The lowest BCUT2D eigenvalue weighted by Crippen LogP contribution is -1.83. The Morgan fingerprint density at radius 1 is 1.62 bits per heavy atom. The second-order valence-corrected chi connectivity index (χ2v) is 1.46. The van der Waals surface area contributed by atoms with Gasteiger partial charge in [0.1, 0.15) is 0 Å². The Bertz CT molecular complexity index is 146. The highest BCUT2D eigenvalue weighted by molar-refractivity contribution is 5.36. The van der Waals surface area contributed by atoms with E-state index in [4.69, 9.17) is 0 Å². The zero-order chi connectivity index (χ0) is 5.82. The summed E-state index contributed by atoms with van der Waals surface area (Å²) in [5.41, 5.74) is 0.979. The number of nitrogens with one attached hydrogen (secondary N) is 1. The molecule has 1 aromatic carbocycles. The van der Waals surface area contributed by atoms with Crippen LogP contribution in [0, 0.1) is 12.1 Å². The van der Waals surface area contributed by atoms with Crippen molar-refractivity contribution in [3.63, 3.8) is 0 Å². The summed E-state index contributed by atoms with van der Waals surface area (Å²) in [6.07, 6.45) is 0. The average molecular weight is 105 g/mol.